The van der Waals surface area contributed by atoms with Gasteiger partial charge in [0.15, 0.2) is 5.78 Å². The Morgan fingerprint density at radius 2 is 1.94 bits per heavy atom. The summed E-state index contributed by atoms with van der Waals surface area (Å²) in [5.41, 5.74) is 0.0674. The fourth-order valence-corrected chi connectivity index (χ4v) is 0.946. The maximum Gasteiger partial charge on any atom is 0.341 e. The summed E-state index contributed by atoms with van der Waals surface area (Å²) in [5.74, 6) is -1.18. The lowest BCUT2D eigenvalue weighted by Crippen LogP contribution is -2.12. The van der Waals surface area contributed by atoms with Crippen molar-refractivity contribution in [3.8, 4) is 6.07 Å². The largest absolute Gasteiger partial charge is 0.465 e. The van der Waals surface area contributed by atoms with Crippen molar-refractivity contribution in [1.29, 1.82) is 5.26 Å². The first-order chi connectivity index (χ1) is 7.42. The zero-order chi connectivity index (χ0) is 12.7. The van der Waals surface area contributed by atoms with Gasteiger partial charge in [-0.1, -0.05) is 0 Å². The Morgan fingerprint density at radius 3 is 2.25 bits per heavy atom. The molecule has 0 aromatic rings. The van der Waals surface area contributed by atoms with E-state index in [1.165, 1.54) is 26.3 Å². The first-order valence-electron chi connectivity index (χ1n) is 4.51. The van der Waals surface area contributed by atoms with E-state index in [2.05, 4.69) is 4.74 Å². The van der Waals surface area contributed by atoms with Gasteiger partial charge in [-0.25, -0.2) is 4.79 Å². The lowest BCUT2D eigenvalue weighted by Gasteiger charge is -2.05. The van der Waals surface area contributed by atoms with E-state index in [1.807, 2.05) is 6.07 Å². The summed E-state index contributed by atoms with van der Waals surface area (Å²) in [7, 11) is 4.65. The molecule has 0 radical (unpaired) electrons. The second-order valence-electron chi connectivity index (χ2n) is 3.27. The van der Waals surface area contributed by atoms with E-state index in [9.17, 15) is 9.59 Å². The number of rotatable bonds is 4. The highest BCUT2D eigenvalue weighted by Gasteiger charge is 2.15. The van der Waals surface area contributed by atoms with Crippen molar-refractivity contribution in [3.05, 3.63) is 23.4 Å². The highest BCUT2D eigenvalue weighted by atomic mass is 16.5. The molecule has 0 amide bonds. The van der Waals surface area contributed by atoms with Crippen LogP contribution < -0.4 is 0 Å². The van der Waals surface area contributed by atoms with Gasteiger partial charge in [-0.15, -0.1) is 0 Å². The van der Waals surface area contributed by atoms with E-state index in [-0.39, 0.29) is 11.1 Å². The molecule has 0 aromatic heterocycles. The normalized spacial score (nSPS) is 11.7. The fourth-order valence-electron chi connectivity index (χ4n) is 0.946. The summed E-state index contributed by atoms with van der Waals surface area (Å²) in [4.78, 5) is 24.0. The van der Waals surface area contributed by atoms with Crippen molar-refractivity contribution in [2.24, 2.45) is 0 Å². The molecule has 0 aliphatic heterocycles. The van der Waals surface area contributed by atoms with Crippen LogP contribution in [0, 0.1) is 11.3 Å². The molecule has 0 aliphatic rings. The Bertz CT molecular complexity index is 387. The minimum Gasteiger partial charge on any atom is -0.465 e. The quantitative estimate of drug-likeness (QED) is 0.174. The molecule has 0 spiro atoms. The number of ketones is 1. The van der Waals surface area contributed by atoms with E-state index in [1.54, 1.807) is 19.0 Å². The van der Waals surface area contributed by atoms with Crippen LogP contribution in [0.5, 0.6) is 0 Å². The predicted octanol–water partition coefficient (Wildman–Crippen LogP) is 0.644. The lowest BCUT2D eigenvalue weighted by molar-refractivity contribution is -0.137. The molecule has 0 N–H and O–H groups in total. The van der Waals surface area contributed by atoms with Crippen molar-refractivity contribution in [1.82, 2.24) is 4.90 Å². The molecule has 16 heavy (non-hydrogen) atoms. The topological polar surface area (TPSA) is 70.4 Å². The molecule has 0 saturated carbocycles. The van der Waals surface area contributed by atoms with Crippen LogP contribution in [-0.4, -0.2) is 37.9 Å². The zero-order valence-corrected chi connectivity index (χ0v) is 9.77. The standard InChI is InChI=1S/C11H14N2O3/c1-8(14)10(11(15)16-4)5-9(6-12)7-13(2)3/h5,7H,1-4H3/b9-7-,10-5+. The number of carbonyl (C=O) groups is 2. The van der Waals surface area contributed by atoms with Gasteiger partial charge in [0, 0.05) is 20.3 Å². The Balaban J connectivity index is 5.29. The summed E-state index contributed by atoms with van der Waals surface area (Å²) in [6.45, 7) is 1.24. The molecule has 5 nitrogen and oxygen atoms in total. The number of nitrogens with zero attached hydrogens (tertiary/aromatic N) is 2. The molecule has 0 aliphatic carbocycles. The van der Waals surface area contributed by atoms with Crippen molar-refractivity contribution in [3.63, 3.8) is 0 Å². The number of nitriles is 1. The Morgan fingerprint density at radius 1 is 1.38 bits per heavy atom. The molecule has 86 valence electrons. The zero-order valence-electron chi connectivity index (χ0n) is 9.77. The minimum absolute atomic E-state index is 0.142. The maximum absolute atomic E-state index is 11.2. The molecule has 5 heteroatoms. The van der Waals surface area contributed by atoms with Crippen molar-refractivity contribution >= 4 is 11.8 Å². The van der Waals surface area contributed by atoms with Crippen LogP contribution in [0.25, 0.3) is 0 Å². The van der Waals surface area contributed by atoms with Crippen LogP contribution in [0.15, 0.2) is 23.4 Å². The van der Waals surface area contributed by atoms with Gasteiger partial charge >= 0.3 is 5.97 Å². The second kappa shape index (κ2) is 6.40. The third-order valence-electron chi connectivity index (χ3n) is 1.61. The van der Waals surface area contributed by atoms with Crippen LogP contribution in [0.1, 0.15) is 6.92 Å². The molecular formula is C11H14N2O3. The summed E-state index contributed by atoms with van der Waals surface area (Å²) < 4.78 is 4.45. The van der Waals surface area contributed by atoms with Crippen molar-refractivity contribution in [2.75, 3.05) is 21.2 Å². The number of methoxy groups -OCH3 is 1. The number of esters is 1. The van der Waals surface area contributed by atoms with Crippen LogP contribution in [0.4, 0.5) is 0 Å². The van der Waals surface area contributed by atoms with Crippen LogP contribution in [0.3, 0.4) is 0 Å². The van der Waals surface area contributed by atoms with Crippen LogP contribution in [0.2, 0.25) is 0 Å². The van der Waals surface area contributed by atoms with Gasteiger partial charge in [0.05, 0.1) is 12.7 Å². The average Bonchev–Trinajstić information content (AvgIpc) is 2.21. The number of hydrogen-bond acceptors (Lipinski definition) is 5. The Labute approximate surface area is 94.6 Å². The van der Waals surface area contributed by atoms with Gasteiger partial charge in [-0.05, 0) is 13.0 Å². The highest BCUT2D eigenvalue weighted by molar-refractivity contribution is 6.16. The number of ether oxygens (including phenoxy) is 1. The van der Waals surface area contributed by atoms with Gasteiger partial charge < -0.3 is 9.64 Å². The predicted molar refractivity (Wildman–Crippen MR) is 58.2 cm³/mol. The summed E-state index contributed by atoms with van der Waals surface area (Å²) >= 11 is 0. The number of allylic oxidation sites excluding steroid dienone is 2. The summed E-state index contributed by atoms with van der Waals surface area (Å²) in [5, 5.41) is 8.81. The molecule has 0 atom stereocenters. The molecular weight excluding hydrogens is 208 g/mol. The smallest absolute Gasteiger partial charge is 0.341 e. The van der Waals surface area contributed by atoms with Gasteiger partial charge in [0.2, 0.25) is 0 Å². The number of hydrogen-bond donors (Lipinski definition) is 0. The van der Waals surface area contributed by atoms with Gasteiger partial charge in [0.25, 0.3) is 0 Å². The molecule has 0 aromatic carbocycles. The third-order valence-corrected chi connectivity index (χ3v) is 1.61. The average molecular weight is 222 g/mol. The SMILES string of the molecule is COC(=O)/C(=C/C(C#N)=C/N(C)C)C(C)=O. The van der Waals surface area contributed by atoms with Gasteiger partial charge in [0.1, 0.15) is 11.6 Å². The number of carbonyl (C=O) groups excluding carboxylic acids is 2. The fraction of sp³-hybridized carbons (Fsp3) is 0.364. The summed E-state index contributed by atoms with van der Waals surface area (Å²) in [6.07, 6.45) is 2.72. The molecule has 0 rings (SSSR count). The lowest BCUT2D eigenvalue weighted by atomic mass is 10.1. The maximum atomic E-state index is 11.2. The van der Waals surface area contributed by atoms with E-state index in [0.717, 1.165) is 0 Å². The number of Topliss-reactive ketones (excluding diaryl/α,β-unsaturated/α-hetero) is 1. The van der Waals surface area contributed by atoms with Crippen LogP contribution >= 0.6 is 0 Å². The molecule has 0 unspecified atom stereocenters. The molecule has 0 fully saturated rings. The van der Waals surface area contributed by atoms with Crippen molar-refractivity contribution in [2.45, 2.75) is 6.92 Å². The van der Waals surface area contributed by atoms with E-state index in [4.69, 9.17) is 5.26 Å². The monoisotopic (exact) mass is 222 g/mol. The Hall–Kier alpha value is -2.09. The highest BCUT2D eigenvalue weighted by Crippen LogP contribution is 2.06. The first kappa shape index (κ1) is 13.9. The van der Waals surface area contributed by atoms with E-state index < -0.39 is 11.8 Å². The Kier molecular flexibility index (Phi) is 5.57. The van der Waals surface area contributed by atoms with Crippen LogP contribution in [-0.2, 0) is 14.3 Å². The summed E-state index contributed by atoms with van der Waals surface area (Å²) in [6, 6.07) is 1.88. The third kappa shape index (κ3) is 4.42. The second-order valence-corrected chi connectivity index (χ2v) is 3.27. The van der Waals surface area contributed by atoms with Gasteiger partial charge in [-0.3, -0.25) is 4.79 Å². The molecule has 0 saturated heterocycles. The minimum atomic E-state index is -0.743. The van der Waals surface area contributed by atoms with E-state index >= 15 is 0 Å². The first-order valence-corrected chi connectivity index (χ1v) is 4.51. The molecule has 0 heterocycles. The van der Waals surface area contributed by atoms with Gasteiger partial charge in [-0.2, -0.15) is 5.26 Å². The van der Waals surface area contributed by atoms with E-state index in [0.29, 0.717) is 0 Å². The van der Waals surface area contributed by atoms with Crippen molar-refractivity contribution < 1.29 is 14.3 Å². The molecule has 0 bridgehead atoms.